The van der Waals surface area contributed by atoms with E-state index in [1.807, 2.05) is 6.92 Å². The molecule has 0 spiro atoms. The molecule has 2 aromatic carbocycles. The van der Waals surface area contributed by atoms with E-state index < -0.39 is 11.8 Å². The lowest BCUT2D eigenvalue weighted by Gasteiger charge is -2.10. The second-order valence-electron chi connectivity index (χ2n) is 5.06. The van der Waals surface area contributed by atoms with Crippen LogP contribution in [0, 0.1) is 0 Å². The number of carbonyl (C=O) groups is 2. The van der Waals surface area contributed by atoms with Crippen molar-refractivity contribution < 1.29 is 19.1 Å². The zero-order chi connectivity index (χ0) is 17.1. The first-order valence-corrected chi connectivity index (χ1v) is 7.48. The van der Waals surface area contributed by atoms with Crippen LogP contribution in [-0.2, 0) is 0 Å². The molecule has 0 saturated carbocycles. The van der Waals surface area contributed by atoms with Gasteiger partial charge in [-0.25, -0.2) is 0 Å². The standard InChI is InChI=1S/C18H16N2O4/c1-3-24-15-9-8-12(10-16(15)23-2)11-19-20-17(21)13-6-4-5-7-14(13)18(20)22/h4-11H,3H2,1-2H3/b19-11-. The third-order valence-corrected chi connectivity index (χ3v) is 3.58. The van der Waals surface area contributed by atoms with Crippen LogP contribution in [0.25, 0.3) is 0 Å². The minimum absolute atomic E-state index is 0.365. The molecular weight excluding hydrogens is 308 g/mol. The predicted octanol–water partition coefficient (Wildman–Crippen LogP) is 2.72. The summed E-state index contributed by atoms with van der Waals surface area (Å²) in [6.45, 7) is 2.41. The van der Waals surface area contributed by atoms with E-state index in [1.165, 1.54) is 6.21 Å². The first kappa shape index (κ1) is 15.7. The number of amides is 2. The van der Waals surface area contributed by atoms with Gasteiger partial charge in [0.1, 0.15) is 0 Å². The Morgan fingerprint density at radius 2 is 1.71 bits per heavy atom. The smallest absolute Gasteiger partial charge is 0.282 e. The molecule has 2 amide bonds. The number of fused-ring (bicyclic) bond motifs is 1. The summed E-state index contributed by atoms with van der Waals surface area (Å²) in [6, 6.07) is 11.9. The number of hydrazone groups is 1. The Balaban J connectivity index is 1.84. The van der Waals surface area contributed by atoms with Gasteiger partial charge in [-0.2, -0.15) is 10.1 Å². The fourth-order valence-corrected chi connectivity index (χ4v) is 2.45. The van der Waals surface area contributed by atoms with E-state index in [4.69, 9.17) is 9.47 Å². The summed E-state index contributed by atoms with van der Waals surface area (Å²) in [5.74, 6) is 0.329. The largest absolute Gasteiger partial charge is 0.493 e. The molecular formula is C18H16N2O4. The van der Waals surface area contributed by atoms with Crippen molar-refractivity contribution in [1.82, 2.24) is 5.01 Å². The average molecular weight is 324 g/mol. The van der Waals surface area contributed by atoms with Gasteiger partial charge in [0.2, 0.25) is 0 Å². The van der Waals surface area contributed by atoms with Crippen molar-refractivity contribution in [1.29, 1.82) is 0 Å². The van der Waals surface area contributed by atoms with Crippen molar-refractivity contribution in [3.8, 4) is 11.5 Å². The molecule has 0 aliphatic carbocycles. The van der Waals surface area contributed by atoms with Crippen LogP contribution < -0.4 is 9.47 Å². The molecule has 2 aromatic rings. The summed E-state index contributed by atoms with van der Waals surface area (Å²) in [6.07, 6.45) is 1.44. The second-order valence-corrected chi connectivity index (χ2v) is 5.06. The molecule has 0 unspecified atom stereocenters. The van der Waals surface area contributed by atoms with Gasteiger partial charge in [0.15, 0.2) is 11.5 Å². The number of hydrogen-bond donors (Lipinski definition) is 0. The van der Waals surface area contributed by atoms with E-state index in [0.29, 0.717) is 34.8 Å². The highest BCUT2D eigenvalue weighted by molar-refractivity contribution is 6.21. The predicted molar refractivity (Wildman–Crippen MR) is 88.7 cm³/mol. The SMILES string of the molecule is CCOc1ccc(/C=N\N2C(=O)c3ccccc3C2=O)cc1OC. The van der Waals surface area contributed by atoms with Gasteiger partial charge < -0.3 is 9.47 Å². The molecule has 0 saturated heterocycles. The molecule has 1 aliphatic rings. The van der Waals surface area contributed by atoms with Crippen LogP contribution >= 0.6 is 0 Å². The Kier molecular flexibility index (Phi) is 4.29. The molecule has 24 heavy (non-hydrogen) atoms. The lowest BCUT2D eigenvalue weighted by molar-refractivity contribution is 0.0660. The van der Waals surface area contributed by atoms with Crippen LogP contribution in [0.15, 0.2) is 47.6 Å². The summed E-state index contributed by atoms with van der Waals surface area (Å²) >= 11 is 0. The van der Waals surface area contributed by atoms with Gasteiger partial charge in [-0.1, -0.05) is 12.1 Å². The number of carbonyl (C=O) groups excluding carboxylic acids is 2. The van der Waals surface area contributed by atoms with Crippen LogP contribution in [0.3, 0.4) is 0 Å². The van der Waals surface area contributed by atoms with Gasteiger partial charge in [-0.05, 0) is 42.8 Å². The van der Waals surface area contributed by atoms with Crippen molar-refractivity contribution in [2.24, 2.45) is 5.10 Å². The van der Waals surface area contributed by atoms with Gasteiger partial charge in [0.25, 0.3) is 11.8 Å². The Labute approximate surface area is 139 Å². The number of ether oxygens (including phenoxy) is 2. The molecule has 6 heteroatoms. The number of benzene rings is 2. The monoisotopic (exact) mass is 324 g/mol. The second kappa shape index (κ2) is 6.54. The maximum Gasteiger partial charge on any atom is 0.282 e. The lowest BCUT2D eigenvalue weighted by Crippen LogP contribution is -2.23. The number of rotatable bonds is 5. The molecule has 0 fully saturated rings. The van der Waals surface area contributed by atoms with E-state index in [0.717, 1.165) is 5.01 Å². The Bertz CT molecular complexity index is 795. The third kappa shape index (κ3) is 2.74. The number of methoxy groups -OCH3 is 1. The van der Waals surface area contributed by atoms with Crippen LogP contribution in [0.5, 0.6) is 11.5 Å². The van der Waals surface area contributed by atoms with Gasteiger partial charge >= 0.3 is 0 Å². The van der Waals surface area contributed by atoms with E-state index in [1.54, 1.807) is 49.6 Å². The van der Waals surface area contributed by atoms with Crippen LogP contribution in [0.2, 0.25) is 0 Å². The molecule has 3 rings (SSSR count). The minimum Gasteiger partial charge on any atom is -0.493 e. The van der Waals surface area contributed by atoms with Gasteiger partial charge in [-0.3, -0.25) is 9.59 Å². The first-order chi connectivity index (χ1) is 11.7. The topological polar surface area (TPSA) is 68.2 Å². The quantitative estimate of drug-likeness (QED) is 0.626. The summed E-state index contributed by atoms with van der Waals surface area (Å²) in [7, 11) is 1.54. The van der Waals surface area contributed by atoms with E-state index in [2.05, 4.69) is 5.10 Å². The van der Waals surface area contributed by atoms with Crippen molar-refractivity contribution >= 4 is 18.0 Å². The van der Waals surface area contributed by atoms with Crippen LogP contribution in [0.4, 0.5) is 0 Å². The zero-order valence-electron chi connectivity index (χ0n) is 13.4. The maximum atomic E-state index is 12.2. The number of hydrogen-bond acceptors (Lipinski definition) is 5. The molecule has 6 nitrogen and oxygen atoms in total. The highest BCUT2D eigenvalue weighted by Gasteiger charge is 2.35. The Hall–Kier alpha value is -3.15. The average Bonchev–Trinajstić information content (AvgIpc) is 2.85. The van der Waals surface area contributed by atoms with Crippen molar-refractivity contribution in [2.45, 2.75) is 6.92 Å². The van der Waals surface area contributed by atoms with E-state index in [9.17, 15) is 9.59 Å². The Morgan fingerprint density at radius 3 is 2.29 bits per heavy atom. The molecule has 1 heterocycles. The maximum absolute atomic E-state index is 12.2. The fraction of sp³-hybridized carbons (Fsp3) is 0.167. The Morgan fingerprint density at radius 1 is 1.04 bits per heavy atom. The molecule has 1 aliphatic heterocycles. The van der Waals surface area contributed by atoms with Gasteiger partial charge in [0, 0.05) is 0 Å². The van der Waals surface area contributed by atoms with Crippen molar-refractivity contribution in [3.05, 3.63) is 59.2 Å². The highest BCUT2D eigenvalue weighted by atomic mass is 16.5. The number of imide groups is 1. The molecule has 0 aromatic heterocycles. The van der Waals surface area contributed by atoms with Gasteiger partial charge in [-0.15, -0.1) is 0 Å². The van der Waals surface area contributed by atoms with Crippen molar-refractivity contribution in [3.63, 3.8) is 0 Å². The van der Waals surface area contributed by atoms with Gasteiger partial charge in [0.05, 0.1) is 31.1 Å². The zero-order valence-corrected chi connectivity index (χ0v) is 13.4. The van der Waals surface area contributed by atoms with E-state index in [-0.39, 0.29) is 0 Å². The van der Waals surface area contributed by atoms with Crippen LogP contribution in [-0.4, -0.2) is 36.8 Å². The molecule has 0 N–H and O–H groups in total. The van der Waals surface area contributed by atoms with E-state index >= 15 is 0 Å². The fourth-order valence-electron chi connectivity index (χ4n) is 2.45. The molecule has 0 atom stereocenters. The summed E-state index contributed by atoms with van der Waals surface area (Å²) < 4.78 is 10.7. The summed E-state index contributed by atoms with van der Waals surface area (Å²) in [5.41, 5.74) is 1.42. The highest BCUT2D eigenvalue weighted by Crippen LogP contribution is 2.28. The molecule has 122 valence electrons. The van der Waals surface area contributed by atoms with Crippen molar-refractivity contribution in [2.75, 3.05) is 13.7 Å². The third-order valence-electron chi connectivity index (χ3n) is 3.58. The van der Waals surface area contributed by atoms with Crippen LogP contribution in [0.1, 0.15) is 33.2 Å². The summed E-state index contributed by atoms with van der Waals surface area (Å²) in [4.78, 5) is 24.5. The molecule has 0 bridgehead atoms. The first-order valence-electron chi connectivity index (χ1n) is 7.48. The normalized spacial score (nSPS) is 13.5. The molecule has 0 radical (unpaired) electrons. The lowest BCUT2D eigenvalue weighted by atomic mass is 10.1. The summed E-state index contributed by atoms with van der Waals surface area (Å²) in [5, 5.41) is 4.90. The number of nitrogens with zero attached hydrogens (tertiary/aromatic N) is 2. The minimum atomic E-state index is -0.426.